The van der Waals surface area contributed by atoms with Gasteiger partial charge in [-0.15, -0.1) is 0 Å². The van der Waals surface area contributed by atoms with Crippen LogP contribution < -0.4 is 5.32 Å². The Kier molecular flexibility index (Phi) is 4.87. The van der Waals surface area contributed by atoms with Gasteiger partial charge in [0.05, 0.1) is 15.1 Å². The second-order valence-electron chi connectivity index (χ2n) is 2.96. The number of rotatable bonds is 5. The molecule has 1 N–H and O–H groups in total. The molecule has 0 radical (unpaired) electrons. The molecule has 5 nitrogen and oxygen atoms in total. The van der Waals surface area contributed by atoms with Crippen molar-refractivity contribution < 1.29 is 14.1 Å². The smallest absolute Gasteiger partial charge is 0.293 e. The third kappa shape index (κ3) is 3.27. The molecule has 0 unspecified atom stereocenters. The van der Waals surface area contributed by atoms with Crippen LogP contribution in [0.1, 0.15) is 0 Å². The molecular formula is C9H10FIN2O3. The Labute approximate surface area is 105 Å². The van der Waals surface area contributed by atoms with Gasteiger partial charge >= 0.3 is 0 Å². The number of hydrogen-bond donors (Lipinski definition) is 1. The van der Waals surface area contributed by atoms with Crippen LogP contribution >= 0.6 is 22.6 Å². The number of methoxy groups -OCH3 is 1. The van der Waals surface area contributed by atoms with Gasteiger partial charge in [-0.2, -0.15) is 0 Å². The zero-order chi connectivity index (χ0) is 12.1. The van der Waals surface area contributed by atoms with Crippen LogP contribution in [0, 0.1) is 19.5 Å². The average Bonchev–Trinajstić information content (AvgIpc) is 2.23. The fraction of sp³-hybridized carbons (Fsp3) is 0.333. The largest absolute Gasteiger partial charge is 0.383 e. The minimum atomic E-state index is -0.545. The minimum absolute atomic E-state index is 0.137. The zero-order valence-electron chi connectivity index (χ0n) is 8.50. The molecule has 88 valence electrons. The van der Waals surface area contributed by atoms with Crippen molar-refractivity contribution in [2.75, 3.05) is 25.6 Å². The van der Waals surface area contributed by atoms with E-state index in [9.17, 15) is 14.5 Å². The second-order valence-corrected chi connectivity index (χ2v) is 4.12. The summed E-state index contributed by atoms with van der Waals surface area (Å²) in [5, 5.41) is 13.5. The first kappa shape index (κ1) is 13.1. The summed E-state index contributed by atoms with van der Waals surface area (Å²) in [6.45, 7) is 0.780. The lowest BCUT2D eigenvalue weighted by atomic mass is 10.2. The van der Waals surface area contributed by atoms with E-state index < -0.39 is 10.7 Å². The standard InChI is InChI=1S/C9H10FIN2O3/c1-16-3-2-12-8-4-6(10)7(11)5-9(8)13(14)15/h4-5,12H,2-3H2,1H3. The van der Waals surface area contributed by atoms with Crippen molar-refractivity contribution in [1.82, 2.24) is 0 Å². The van der Waals surface area contributed by atoms with Crippen molar-refractivity contribution >= 4 is 34.0 Å². The van der Waals surface area contributed by atoms with E-state index in [2.05, 4.69) is 5.32 Å². The number of nitro benzene ring substituents is 1. The maximum atomic E-state index is 13.2. The molecular weight excluding hydrogens is 330 g/mol. The van der Waals surface area contributed by atoms with Crippen molar-refractivity contribution in [1.29, 1.82) is 0 Å². The summed E-state index contributed by atoms with van der Waals surface area (Å²) < 4.78 is 18.2. The highest BCUT2D eigenvalue weighted by Crippen LogP contribution is 2.28. The Morgan fingerprint density at radius 2 is 2.31 bits per heavy atom. The molecule has 0 bridgehead atoms. The first-order chi connectivity index (χ1) is 7.56. The highest BCUT2D eigenvalue weighted by atomic mass is 127. The molecule has 0 fully saturated rings. The van der Waals surface area contributed by atoms with Crippen LogP contribution in [0.3, 0.4) is 0 Å². The van der Waals surface area contributed by atoms with E-state index in [0.717, 1.165) is 6.07 Å². The molecule has 16 heavy (non-hydrogen) atoms. The van der Waals surface area contributed by atoms with Gasteiger partial charge in [-0.3, -0.25) is 10.1 Å². The lowest BCUT2D eigenvalue weighted by Crippen LogP contribution is -2.09. The van der Waals surface area contributed by atoms with Crippen molar-refractivity contribution in [3.8, 4) is 0 Å². The fourth-order valence-corrected chi connectivity index (χ4v) is 1.57. The van der Waals surface area contributed by atoms with Gasteiger partial charge in [-0.25, -0.2) is 4.39 Å². The van der Waals surface area contributed by atoms with Gasteiger partial charge in [0.2, 0.25) is 0 Å². The van der Waals surface area contributed by atoms with Crippen molar-refractivity contribution in [3.63, 3.8) is 0 Å². The monoisotopic (exact) mass is 340 g/mol. The summed E-state index contributed by atoms with van der Waals surface area (Å²) in [6, 6.07) is 2.32. The van der Waals surface area contributed by atoms with Crippen LogP contribution in [0.2, 0.25) is 0 Å². The van der Waals surface area contributed by atoms with E-state index in [1.165, 1.54) is 13.2 Å². The predicted molar refractivity (Wildman–Crippen MR) is 66.1 cm³/mol. The summed E-state index contributed by atoms with van der Waals surface area (Å²) in [4.78, 5) is 10.2. The number of nitrogens with zero attached hydrogens (tertiary/aromatic N) is 1. The first-order valence-corrected chi connectivity index (χ1v) is 5.50. The van der Waals surface area contributed by atoms with E-state index in [0.29, 0.717) is 13.2 Å². The molecule has 0 saturated heterocycles. The Morgan fingerprint density at radius 1 is 1.62 bits per heavy atom. The average molecular weight is 340 g/mol. The molecule has 0 aliphatic carbocycles. The van der Waals surface area contributed by atoms with E-state index in [1.807, 2.05) is 0 Å². The van der Waals surface area contributed by atoms with E-state index >= 15 is 0 Å². The van der Waals surface area contributed by atoms with Gasteiger partial charge in [-0.1, -0.05) is 0 Å². The van der Waals surface area contributed by atoms with Crippen LogP contribution in [0.15, 0.2) is 12.1 Å². The fourth-order valence-electron chi connectivity index (χ4n) is 1.12. The van der Waals surface area contributed by atoms with Crippen molar-refractivity contribution in [3.05, 3.63) is 31.6 Å². The highest BCUT2D eigenvalue weighted by molar-refractivity contribution is 14.1. The number of benzene rings is 1. The highest BCUT2D eigenvalue weighted by Gasteiger charge is 2.16. The predicted octanol–water partition coefficient (Wildman–Crippen LogP) is 2.40. The molecule has 0 aromatic heterocycles. The SMILES string of the molecule is COCCNc1cc(F)c(I)cc1[N+](=O)[O-]. The van der Waals surface area contributed by atoms with E-state index in [1.54, 1.807) is 22.6 Å². The normalized spacial score (nSPS) is 10.2. The lowest BCUT2D eigenvalue weighted by molar-refractivity contribution is -0.384. The molecule has 0 heterocycles. The zero-order valence-corrected chi connectivity index (χ0v) is 10.7. The Bertz CT molecular complexity index is 401. The van der Waals surface area contributed by atoms with Crippen LogP contribution in [-0.2, 0) is 4.74 Å². The molecule has 0 amide bonds. The van der Waals surface area contributed by atoms with Gasteiger partial charge in [-0.05, 0) is 22.6 Å². The van der Waals surface area contributed by atoms with Gasteiger partial charge in [0, 0.05) is 25.8 Å². The van der Waals surface area contributed by atoms with Crippen LogP contribution in [-0.4, -0.2) is 25.2 Å². The molecule has 0 aliphatic heterocycles. The molecule has 0 spiro atoms. The van der Waals surface area contributed by atoms with E-state index in [-0.39, 0.29) is 14.9 Å². The third-order valence-electron chi connectivity index (χ3n) is 1.86. The number of nitro groups is 1. The van der Waals surface area contributed by atoms with Gasteiger partial charge < -0.3 is 10.1 Å². The molecule has 0 atom stereocenters. The van der Waals surface area contributed by atoms with Crippen LogP contribution in [0.4, 0.5) is 15.8 Å². The number of nitrogens with one attached hydrogen (secondary N) is 1. The minimum Gasteiger partial charge on any atom is -0.383 e. The topological polar surface area (TPSA) is 64.4 Å². The third-order valence-corrected chi connectivity index (χ3v) is 2.68. The first-order valence-electron chi connectivity index (χ1n) is 4.42. The van der Waals surface area contributed by atoms with Crippen molar-refractivity contribution in [2.45, 2.75) is 0 Å². The number of halogens is 2. The summed E-state index contributed by atoms with van der Waals surface area (Å²) in [7, 11) is 1.52. The van der Waals surface area contributed by atoms with Crippen LogP contribution in [0.25, 0.3) is 0 Å². The molecule has 1 aromatic carbocycles. The van der Waals surface area contributed by atoms with Crippen LogP contribution in [0.5, 0.6) is 0 Å². The maximum absolute atomic E-state index is 13.2. The van der Waals surface area contributed by atoms with Crippen molar-refractivity contribution in [2.24, 2.45) is 0 Å². The Morgan fingerprint density at radius 3 is 2.88 bits per heavy atom. The molecule has 1 aromatic rings. The summed E-state index contributed by atoms with van der Waals surface area (Å²) in [5.41, 5.74) is 0.0295. The summed E-state index contributed by atoms with van der Waals surface area (Å²) in [5.74, 6) is -0.480. The molecule has 1 rings (SSSR count). The Hall–Kier alpha value is -0.960. The number of hydrogen-bond acceptors (Lipinski definition) is 4. The Balaban J connectivity index is 2.95. The molecule has 7 heteroatoms. The van der Waals surface area contributed by atoms with Gasteiger partial charge in [0.25, 0.3) is 5.69 Å². The second kappa shape index (κ2) is 5.94. The number of ether oxygens (including phenoxy) is 1. The molecule has 0 aliphatic rings. The van der Waals surface area contributed by atoms with E-state index in [4.69, 9.17) is 4.74 Å². The summed E-state index contributed by atoms with van der Waals surface area (Å²) in [6.07, 6.45) is 0. The van der Waals surface area contributed by atoms with Gasteiger partial charge in [0.1, 0.15) is 11.5 Å². The maximum Gasteiger partial charge on any atom is 0.293 e. The molecule has 0 saturated carbocycles. The quantitative estimate of drug-likeness (QED) is 0.387. The lowest BCUT2D eigenvalue weighted by Gasteiger charge is -2.07. The number of anilines is 1. The van der Waals surface area contributed by atoms with Gasteiger partial charge in [0.15, 0.2) is 0 Å². The summed E-state index contributed by atoms with van der Waals surface area (Å²) >= 11 is 1.71.